The van der Waals surface area contributed by atoms with E-state index in [-0.39, 0.29) is 6.09 Å². The topological polar surface area (TPSA) is 99.6 Å². The van der Waals surface area contributed by atoms with E-state index in [0.717, 1.165) is 65.7 Å². The average Bonchev–Trinajstić information content (AvgIpc) is 3.52. The van der Waals surface area contributed by atoms with Crippen molar-refractivity contribution in [2.75, 3.05) is 54.4 Å². The fourth-order valence-corrected chi connectivity index (χ4v) is 5.19. The van der Waals surface area contributed by atoms with Crippen molar-refractivity contribution in [2.24, 2.45) is 0 Å². The molecule has 0 aliphatic carbocycles. The zero-order valence-corrected chi connectivity index (χ0v) is 23.9. The molecule has 2 aromatic carbocycles. The first-order chi connectivity index (χ1) is 19.8. The molecule has 1 amide bonds. The highest BCUT2D eigenvalue weighted by Gasteiger charge is 2.26. The van der Waals surface area contributed by atoms with E-state index in [4.69, 9.17) is 14.7 Å². The van der Waals surface area contributed by atoms with Gasteiger partial charge in [-0.05, 0) is 76.1 Å². The molecule has 0 saturated carbocycles. The van der Waals surface area contributed by atoms with E-state index in [9.17, 15) is 4.79 Å². The molecule has 0 radical (unpaired) electrons. The first kappa shape index (κ1) is 26.7. The molecule has 2 aliphatic heterocycles. The van der Waals surface area contributed by atoms with E-state index in [1.165, 1.54) is 12.8 Å². The van der Waals surface area contributed by atoms with Crippen LogP contribution in [-0.2, 0) is 4.74 Å². The van der Waals surface area contributed by atoms with E-state index in [1.54, 1.807) is 11.1 Å². The maximum absolute atomic E-state index is 12.4. The Morgan fingerprint density at radius 3 is 2.34 bits per heavy atom. The Morgan fingerprint density at radius 2 is 1.61 bits per heavy atom. The van der Waals surface area contributed by atoms with Crippen molar-refractivity contribution in [3.8, 4) is 11.3 Å². The lowest BCUT2D eigenvalue weighted by Crippen LogP contribution is -2.50. The summed E-state index contributed by atoms with van der Waals surface area (Å²) in [7, 11) is 0. The number of hydrogen-bond acceptors (Lipinski definition) is 9. The van der Waals surface area contributed by atoms with Crippen molar-refractivity contribution < 1.29 is 9.53 Å². The van der Waals surface area contributed by atoms with Crippen LogP contribution in [0.1, 0.15) is 33.6 Å². The lowest BCUT2D eigenvalue weighted by atomic mass is 10.1. The van der Waals surface area contributed by atoms with Gasteiger partial charge in [-0.3, -0.25) is 0 Å². The first-order valence-electron chi connectivity index (χ1n) is 14.3. The lowest BCUT2D eigenvalue weighted by molar-refractivity contribution is 0.0240. The summed E-state index contributed by atoms with van der Waals surface area (Å²) < 4.78 is 5.51. The van der Waals surface area contributed by atoms with Gasteiger partial charge < -0.3 is 24.8 Å². The van der Waals surface area contributed by atoms with Crippen molar-refractivity contribution in [1.29, 1.82) is 0 Å². The molecule has 2 fully saturated rings. The molecule has 212 valence electrons. The zero-order chi connectivity index (χ0) is 28.4. The Labute approximate surface area is 240 Å². The van der Waals surface area contributed by atoms with Crippen LogP contribution in [0.15, 0.2) is 60.9 Å². The second-order valence-corrected chi connectivity index (χ2v) is 11.5. The van der Waals surface area contributed by atoms with Crippen molar-refractivity contribution >= 4 is 40.3 Å². The van der Waals surface area contributed by atoms with Crippen LogP contribution in [0.3, 0.4) is 0 Å². The summed E-state index contributed by atoms with van der Waals surface area (Å²) in [6, 6.07) is 16.3. The second kappa shape index (κ2) is 11.2. The van der Waals surface area contributed by atoms with E-state index < -0.39 is 5.60 Å². The third-order valence-corrected chi connectivity index (χ3v) is 7.33. The van der Waals surface area contributed by atoms with Gasteiger partial charge in [-0.25, -0.2) is 24.7 Å². The number of benzene rings is 2. The maximum atomic E-state index is 12.4. The fourth-order valence-electron chi connectivity index (χ4n) is 5.19. The van der Waals surface area contributed by atoms with Crippen LogP contribution in [0.4, 0.5) is 28.1 Å². The van der Waals surface area contributed by atoms with Gasteiger partial charge in [0, 0.05) is 74.0 Å². The summed E-state index contributed by atoms with van der Waals surface area (Å²) >= 11 is 0. The number of hydrogen-bond donors (Lipinski definition) is 1. The van der Waals surface area contributed by atoms with Crippen molar-refractivity contribution in [2.45, 2.75) is 39.2 Å². The van der Waals surface area contributed by atoms with Gasteiger partial charge in [0.25, 0.3) is 0 Å². The number of carbonyl (C=O) groups excluding carboxylic acids is 1. The van der Waals surface area contributed by atoms with Crippen LogP contribution < -0.4 is 15.1 Å². The zero-order valence-electron chi connectivity index (χ0n) is 23.9. The molecule has 0 unspecified atom stereocenters. The van der Waals surface area contributed by atoms with Crippen molar-refractivity contribution in [3.05, 3.63) is 60.9 Å². The number of rotatable bonds is 5. The largest absolute Gasteiger partial charge is 0.444 e. The van der Waals surface area contributed by atoms with Crippen molar-refractivity contribution in [3.63, 3.8) is 0 Å². The molecule has 4 aromatic rings. The molecule has 4 heterocycles. The van der Waals surface area contributed by atoms with Gasteiger partial charge in [0.15, 0.2) is 0 Å². The Kier molecular flexibility index (Phi) is 7.30. The summed E-state index contributed by atoms with van der Waals surface area (Å²) in [5, 5.41) is 4.31. The van der Waals surface area contributed by atoms with Gasteiger partial charge in [0.05, 0.1) is 11.2 Å². The Bertz CT molecular complexity index is 1520. The van der Waals surface area contributed by atoms with E-state index in [2.05, 4.69) is 43.3 Å². The van der Waals surface area contributed by atoms with Crippen LogP contribution in [-0.4, -0.2) is 75.8 Å². The molecule has 6 rings (SSSR count). The number of anilines is 4. The average molecular weight is 553 g/mol. The molecule has 0 atom stereocenters. The molecule has 0 spiro atoms. The minimum absolute atomic E-state index is 0.248. The molecule has 10 heteroatoms. The van der Waals surface area contributed by atoms with Gasteiger partial charge in [-0.1, -0.05) is 6.07 Å². The number of carbonyl (C=O) groups is 1. The highest BCUT2D eigenvalue weighted by atomic mass is 16.6. The summed E-state index contributed by atoms with van der Waals surface area (Å²) in [5.74, 6) is 1.34. The summed E-state index contributed by atoms with van der Waals surface area (Å²) in [5.41, 5.74) is 4.28. The van der Waals surface area contributed by atoms with Crippen LogP contribution in [0, 0.1) is 0 Å². The van der Waals surface area contributed by atoms with Gasteiger partial charge >= 0.3 is 6.09 Å². The predicted molar refractivity (Wildman–Crippen MR) is 162 cm³/mol. The molecule has 2 saturated heterocycles. The van der Waals surface area contributed by atoms with Crippen LogP contribution >= 0.6 is 0 Å². The van der Waals surface area contributed by atoms with Crippen LogP contribution in [0.2, 0.25) is 0 Å². The molecule has 10 nitrogen and oxygen atoms in total. The Hall–Kier alpha value is -4.47. The third kappa shape index (κ3) is 6.32. The monoisotopic (exact) mass is 552 g/mol. The van der Waals surface area contributed by atoms with Gasteiger partial charge in [0.1, 0.15) is 5.60 Å². The van der Waals surface area contributed by atoms with Gasteiger partial charge in [-0.2, -0.15) is 0 Å². The summed E-state index contributed by atoms with van der Waals surface area (Å²) in [6.45, 7) is 10.5. The molecule has 2 aliphatic rings. The smallest absolute Gasteiger partial charge is 0.410 e. The summed E-state index contributed by atoms with van der Waals surface area (Å²) in [6.07, 6.45) is 5.81. The maximum Gasteiger partial charge on any atom is 0.410 e. The number of nitrogens with zero attached hydrogens (tertiary/aromatic N) is 7. The van der Waals surface area contributed by atoms with Gasteiger partial charge in [0.2, 0.25) is 11.9 Å². The van der Waals surface area contributed by atoms with E-state index in [0.29, 0.717) is 19.0 Å². The van der Waals surface area contributed by atoms with Gasteiger partial charge in [-0.15, -0.1) is 0 Å². The normalized spacial score (nSPS) is 15.8. The quantitative estimate of drug-likeness (QED) is 0.345. The van der Waals surface area contributed by atoms with Crippen LogP contribution in [0.5, 0.6) is 0 Å². The number of amides is 1. The third-order valence-electron chi connectivity index (χ3n) is 7.33. The molecule has 0 bridgehead atoms. The number of nitrogens with one attached hydrogen (secondary N) is 1. The number of aromatic nitrogens is 4. The number of fused-ring (bicyclic) bond motifs is 1. The second-order valence-electron chi connectivity index (χ2n) is 11.5. The molecular weight excluding hydrogens is 516 g/mol. The lowest BCUT2D eigenvalue weighted by Gasteiger charge is -2.36. The predicted octanol–water partition coefficient (Wildman–Crippen LogP) is 5.49. The first-order valence-corrected chi connectivity index (χ1v) is 14.3. The molecular formula is C31H36N8O2. The minimum atomic E-state index is -0.484. The fraction of sp³-hybridized carbons (Fsp3) is 0.387. The molecule has 1 N–H and O–H groups in total. The number of piperazine rings is 1. The highest BCUT2D eigenvalue weighted by Crippen LogP contribution is 2.26. The van der Waals surface area contributed by atoms with E-state index in [1.807, 2.05) is 57.3 Å². The van der Waals surface area contributed by atoms with E-state index >= 15 is 0 Å². The van der Waals surface area contributed by atoms with Crippen molar-refractivity contribution in [1.82, 2.24) is 24.8 Å². The standard InChI is InChI=1S/C31H36N8O2/c1-31(2,3)41-30(40)39-18-16-37(17-19-39)25-9-7-24(8-10-25)34-28-32-13-12-27(35-28)22-6-11-26-23(20-22)21-33-29(36-26)38-14-4-5-15-38/h6-13,20-21H,4-5,14-19H2,1-3H3,(H,32,34,35). The summed E-state index contributed by atoms with van der Waals surface area (Å²) in [4.78, 5) is 37.2. The molecule has 41 heavy (non-hydrogen) atoms. The highest BCUT2D eigenvalue weighted by molar-refractivity contribution is 5.84. The Balaban J connectivity index is 1.09. The number of ether oxygens (including phenoxy) is 1. The molecule has 2 aromatic heterocycles. The Morgan fingerprint density at radius 1 is 0.854 bits per heavy atom. The minimum Gasteiger partial charge on any atom is -0.444 e. The SMILES string of the molecule is CC(C)(C)OC(=O)N1CCN(c2ccc(Nc3nccc(-c4ccc5nc(N6CCCC6)ncc5c4)n3)cc2)CC1. The van der Waals surface area contributed by atoms with Crippen LogP contribution in [0.25, 0.3) is 22.2 Å².